The first kappa shape index (κ1) is 12.1. The summed E-state index contributed by atoms with van der Waals surface area (Å²) in [6, 6.07) is 6.41. The van der Waals surface area contributed by atoms with Crippen molar-refractivity contribution in [2.75, 3.05) is 5.75 Å². The van der Waals surface area contributed by atoms with Gasteiger partial charge in [0.1, 0.15) is 0 Å². The van der Waals surface area contributed by atoms with Crippen LogP contribution in [0.25, 0.3) is 0 Å². The van der Waals surface area contributed by atoms with Crippen LogP contribution in [0.4, 0.5) is 0 Å². The van der Waals surface area contributed by atoms with Crippen molar-refractivity contribution in [1.82, 2.24) is 0 Å². The molecule has 0 saturated carbocycles. The summed E-state index contributed by atoms with van der Waals surface area (Å²) in [6.07, 6.45) is 0.991. The highest BCUT2D eigenvalue weighted by Crippen LogP contribution is 2.22. The third kappa shape index (κ3) is 4.88. The number of hydrogen-bond acceptors (Lipinski definition) is 2. The summed E-state index contributed by atoms with van der Waals surface area (Å²) in [7, 11) is 0. The SMILES string of the molecule is Cc1cc(C)cc(SCCCC(=O)O)c1. The van der Waals surface area contributed by atoms with Gasteiger partial charge in [-0.3, -0.25) is 4.79 Å². The molecule has 0 atom stereocenters. The second-order valence-corrected chi connectivity index (χ2v) is 4.84. The van der Waals surface area contributed by atoms with Crippen LogP contribution < -0.4 is 0 Å². The minimum absolute atomic E-state index is 0.262. The summed E-state index contributed by atoms with van der Waals surface area (Å²) >= 11 is 1.73. The number of benzene rings is 1. The lowest BCUT2D eigenvalue weighted by molar-refractivity contribution is -0.137. The Morgan fingerprint density at radius 1 is 1.27 bits per heavy atom. The van der Waals surface area contributed by atoms with Crippen molar-refractivity contribution >= 4 is 17.7 Å². The zero-order chi connectivity index (χ0) is 11.3. The van der Waals surface area contributed by atoms with Gasteiger partial charge in [0, 0.05) is 11.3 Å². The number of carboxylic acid groups (broad SMARTS) is 1. The Balaban J connectivity index is 2.40. The van der Waals surface area contributed by atoms with Crippen molar-refractivity contribution in [3.8, 4) is 0 Å². The predicted octanol–water partition coefficient (Wildman–Crippen LogP) is 3.26. The van der Waals surface area contributed by atoms with Crippen molar-refractivity contribution in [2.24, 2.45) is 0 Å². The quantitative estimate of drug-likeness (QED) is 0.616. The third-order valence-electron chi connectivity index (χ3n) is 2.00. The summed E-state index contributed by atoms with van der Waals surface area (Å²) in [4.78, 5) is 11.5. The molecule has 0 amide bonds. The van der Waals surface area contributed by atoms with Gasteiger partial charge in [-0.1, -0.05) is 6.07 Å². The zero-order valence-corrected chi connectivity index (χ0v) is 9.93. The first-order chi connectivity index (χ1) is 7.08. The van der Waals surface area contributed by atoms with Crippen molar-refractivity contribution in [2.45, 2.75) is 31.6 Å². The van der Waals surface area contributed by atoms with E-state index in [0.29, 0.717) is 0 Å². The molecule has 0 heterocycles. The van der Waals surface area contributed by atoms with E-state index in [1.165, 1.54) is 16.0 Å². The summed E-state index contributed by atoms with van der Waals surface area (Å²) in [6.45, 7) is 4.16. The maximum Gasteiger partial charge on any atom is 0.303 e. The molecule has 1 rings (SSSR count). The molecule has 1 aromatic carbocycles. The lowest BCUT2D eigenvalue weighted by Crippen LogP contribution is -1.94. The molecule has 2 nitrogen and oxygen atoms in total. The Kier molecular flexibility index (Phi) is 4.69. The predicted molar refractivity (Wildman–Crippen MR) is 63.5 cm³/mol. The molecule has 1 aromatic rings. The van der Waals surface area contributed by atoms with E-state index < -0.39 is 5.97 Å². The van der Waals surface area contributed by atoms with Crippen LogP contribution >= 0.6 is 11.8 Å². The van der Waals surface area contributed by atoms with Crippen LogP contribution in [0.2, 0.25) is 0 Å². The number of aryl methyl sites for hydroxylation is 2. The largest absolute Gasteiger partial charge is 0.481 e. The number of carbonyl (C=O) groups is 1. The summed E-state index contributed by atoms with van der Waals surface area (Å²) < 4.78 is 0. The minimum Gasteiger partial charge on any atom is -0.481 e. The van der Waals surface area contributed by atoms with Crippen LogP contribution in [-0.4, -0.2) is 16.8 Å². The molecule has 3 heteroatoms. The normalized spacial score (nSPS) is 10.3. The highest BCUT2D eigenvalue weighted by molar-refractivity contribution is 7.99. The Morgan fingerprint density at radius 3 is 2.40 bits per heavy atom. The van der Waals surface area contributed by atoms with Crippen molar-refractivity contribution in [3.05, 3.63) is 29.3 Å². The Hall–Kier alpha value is -0.960. The van der Waals surface area contributed by atoms with Crippen molar-refractivity contribution in [3.63, 3.8) is 0 Å². The number of rotatable bonds is 5. The topological polar surface area (TPSA) is 37.3 Å². The van der Waals surface area contributed by atoms with Crippen molar-refractivity contribution in [1.29, 1.82) is 0 Å². The maximum absolute atomic E-state index is 10.3. The molecule has 0 aliphatic carbocycles. The van der Waals surface area contributed by atoms with Crippen LogP contribution in [0, 0.1) is 13.8 Å². The van der Waals surface area contributed by atoms with Gasteiger partial charge in [-0.05, 0) is 49.3 Å². The van der Waals surface area contributed by atoms with Gasteiger partial charge in [-0.15, -0.1) is 11.8 Å². The van der Waals surface area contributed by atoms with Gasteiger partial charge in [-0.2, -0.15) is 0 Å². The molecule has 0 spiro atoms. The fourth-order valence-electron chi connectivity index (χ4n) is 1.43. The van der Waals surface area contributed by atoms with Crippen LogP contribution in [0.1, 0.15) is 24.0 Å². The van der Waals surface area contributed by atoms with E-state index in [4.69, 9.17) is 5.11 Å². The first-order valence-electron chi connectivity index (χ1n) is 5.01. The highest BCUT2D eigenvalue weighted by Gasteiger charge is 1.99. The second-order valence-electron chi connectivity index (χ2n) is 3.67. The summed E-state index contributed by atoms with van der Waals surface area (Å²) in [5.41, 5.74) is 2.52. The second kappa shape index (κ2) is 5.81. The lowest BCUT2D eigenvalue weighted by Gasteiger charge is -2.03. The number of thioether (sulfide) groups is 1. The fraction of sp³-hybridized carbons (Fsp3) is 0.417. The van der Waals surface area contributed by atoms with E-state index in [1.54, 1.807) is 11.8 Å². The van der Waals surface area contributed by atoms with Gasteiger partial charge >= 0.3 is 5.97 Å². The highest BCUT2D eigenvalue weighted by atomic mass is 32.2. The molecule has 15 heavy (non-hydrogen) atoms. The van der Waals surface area contributed by atoms with E-state index in [9.17, 15) is 4.79 Å². The van der Waals surface area contributed by atoms with Crippen LogP contribution in [0.5, 0.6) is 0 Å². The molecule has 0 unspecified atom stereocenters. The van der Waals surface area contributed by atoms with E-state index in [0.717, 1.165) is 12.2 Å². The number of hydrogen-bond donors (Lipinski definition) is 1. The lowest BCUT2D eigenvalue weighted by atomic mass is 10.2. The molecule has 0 aromatic heterocycles. The first-order valence-corrected chi connectivity index (χ1v) is 5.99. The average molecular weight is 224 g/mol. The molecule has 0 saturated heterocycles. The van der Waals surface area contributed by atoms with Gasteiger partial charge < -0.3 is 5.11 Å². The third-order valence-corrected chi connectivity index (χ3v) is 3.06. The van der Waals surface area contributed by atoms with Gasteiger partial charge in [0.05, 0.1) is 0 Å². The van der Waals surface area contributed by atoms with Gasteiger partial charge in [0.25, 0.3) is 0 Å². The van der Waals surface area contributed by atoms with Crippen LogP contribution in [0.15, 0.2) is 23.1 Å². The molecule has 1 N–H and O–H groups in total. The van der Waals surface area contributed by atoms with E-state index in [1.807, 2.05) is 0 Å². The standard InChI is InChI=1S/C12H16O2S/c1-9-6-10(2)8-11(7-9)15-5-3-4-12(13)14/h6-8H,3-5H2,1-2H3,(H,13,14). The van der Waals surface area contributed by atoms with Gasteiger partial charge in [0.2, 0.25) is 0 Å². The molecule has 0 bridgehead atoms. The number of carboxylic acids is 1. The van der Waals surface area contributed by atoms with Gasteiger partial charge in [0.15, 0.2) is 0 Å². The van der Waals surface area contributed by atoms with E-state index in [-0.39, 0.29) is 6.42 Å². The van der Waals surface area contributed by atoms with E-state index >= 15 is 0 Å². The number of aliphatic carboxylic acids is 1. The molecular weight excluding hydrogens is 208 g/mol. The van der Waals surface area contributed by atoms with Crippen LogP contribution in [-0.2, 0) is 4.79 Å². The Morgan fingerprint density at radius 2 is 1.87 bits per heavy atom. The zero-order valence-electron chi connectivity index (χ0n) is 9.12. The summed E-state index contributed by atoms with van der Waals surface area (Å²) in [5, 5.41) is 8.49. The maximum atomic E-state index is 10.3. The molecule has 0 aliphatic rings. The summed E-state index contributed by atoms with van der Waals surface area (Å²) in [5.74, 6) is 0.158. The molecular formula is C12H16O2S. The van der Waals surface area contributed by atoms with Crippen LogP contribution in [0.3, 0.4) is 0 Å². The minimum atomic E-state index is -0.712. The van der Waals surface area contributed by atoms with Gasteiger partial charge in [-0.25, -0.2) is 0 Å². The fourth-order valence-corrected chi connectivity index (χ4v) is 2.49. The molecule has 0 radical (unpaired) electrons. The Bertz CT molecular complexity index is 327. The smallest absolute Gasteiger partial charge is 0.303 e. The molecule has 82 valence electrons. The monoisotopic (exact) mass is 224 g/mol. The van der Waals surface area contributed by atoms with Crippen molar-refractivity contribution < 1.29 is 9.90 Å². The van der Waals surface area contributed by atoms with E-state index in [2.05, 4.69) is 32.0 Å². The molecule has 0 fully saturated rings. The molecule has 0 aliphatic heterocycles. The average Bonchev–Trinajstić information content (AvgIpc) is 2.10. The Labute approximate surface area is 94.7 Å².